The van der Waals surface area contributed by atoms with Crippen LogP contribution in [0.5, 0.6) is 5.75 Å². The molecule has 4 rings (SSSR count). The van der Waals surface area contributed by atoms with E-state index in [1.54, 1.807) is 12.1 Å². The van der Waals surface area contributed by atoms with E-state index in [2.05, 4.69) is 4.90 Å². The molecule has 2 aliphatic rings. The molecule has 2 aromatic carbocycles. The number of sulfone groups is 1. The Kier molecular flexibility index (Phi) is 7.09. The van der Waals surface area contributed by atoms with Gasteiger partial charge in [-0.15, -0.1) is 0 Å². The number of methoxy groups -OCH3 is 1. The van der Waals surface area contributed by atoms with Crippen molar-refractivity contribution in [2.24, 2.45) is 5.92 Å². The number of nitrogens with zero attached hydrogens (tertiary/aromatic N) is 1. The van der Waals surface area contributed by atoms with Crippen LogP contribution in [0.3, 0.4) is 0 Å². The molecule has 182 valence electrons. The zero-order valence-corrected chi connectivity index (χ0v) is 20.5. The van der Waals surface area contributed by atoms with E-state index in [-0.39, 0.29) is 16.0 Å². The predicted octanol–water partition coefficient (Wildman–Crippen LogP) is 4.44. The number of hydrogen-bond acceptors (Lipinski definition) is 6. The second-order valence-corrected chi connectivity index (χ2v) is 10.7. The highest BCUT2D eigenvalue weighted by atomic mass is 32.2. The molecule has 0 N–H and O–H groups in total. The van der Waals surface area contributed by atoms with Gasteiger partial charge < -0.3 is 14.4 Å². The molecule has 34 heavy (non-hydrogen) atoms. The molecule has 0 radical (unpaired) electrons. The van der Waals surface area contributed by atoms with Gasteiger partial charge in [-0.25, -0.2) is 17.6 Å². The van der Waals surface area contributed by atoms with Crippen molar-refractivity contribution in [1.82, 2.24) is 4.90 Å². The highest BCUT2D eigenvalue weighted by Crippen LogP contribution is 2.55. The molecular formula is C26H30FNO5S. The van der Waals surface area contributed by atoms with Gasteiger partial charge in [0.05, 0.1) is 24.4 Å². The Labute approximate surface area is 200 Å². The van der Waals surface area contributed by atoms with Crippen LogP contribution in [0.15, 0.2) is 41.3 Å². The number of halogens is 1. The van der Waals surface area contributed by atoms with Crippen LogP contribution in [-0.2, 0) is 20.3 Å². The standard InChI is InChI=1S/C26H30FNO5S/c1-4-28(5-2)12-6-7-17-13-20(27)9-11-23(17)34(30,31)16-18-8-10-21-22-14-19(22)15-33-25(21)24(18)26(29)32-3/h6-11,13,19,22H,4-5,12,14-16H2,1-3H3/b7-6-/t19-,22-/m1/s1. The summed E-state index contributed by atoms with van der Waals surface area (Å²) >= 11 is 0. The van der Waals surface area contributed by atoms with Crippen molar-refractivity contribution in [2.45, 2.75) is 36.8 Å². The van der Waals surface area contributed by atoms with Crippen LogP contribution in [0, 0.1) is 11.7 Å². The minimum atomic E-state index is -3.91. The van der Waals surface area contributed by atoms with Crippen LogP contribution in [0.4, 0.5) is 4.39 Å². The quantitative estimate of drug-likeness (QED) is 0.385. The summed E-state index contributed by atoms with van der Waals surface area (Å²) in [7, 11) is -2.65. The van der Waals surface area contributed by atoms with Gasteiger partial charge in [0.25, 0.3) is 0 Å². The summed E-state index contributed by atoms with van der Waals surface area (Å²) in [6, 6.07) is 7.16. The lowest BCUT2D eigenvalue weighted by Gasteiger charge is -2.21. The van der Waals surface area contributed by atoms with E-state index in [9.17, 15) is 17.6 Å². The molecule has 1 aliphatic heterocycles. The molecule has 0 spiro atoms. The van der Waals surface area contributed by atoms with Crippen LogP contribution in [-0.4, -0.2) is 52.6 Å². The lowest BCUT2D eigenvalue weighted by atomic mass is 9.98. The molecule has 1 aliphatic carbocycles. The fourth-order valence-electron chi connectivity index (χ4n) is 4.56. The summed E-state index contributed by atoms with van der Waals surface area (Å²) in [6.07, 6.45) is 4.47. The van der Waals surface area contributed by atoms with Crippen LogP contribution in [0.25, 0.3) is 6.08 Å². The zero-order chi connectivity index (χ0) is 24.5. The third-order valence-electron chi connectivity index (χ3n) is 6.64. The van der Waals surface area contributed by atoms with E-state index in [4.69, 9.17) is 9.47 Å². The Balaban J connectivity index is 1.69. The topological polar surface area (TPSA) is 72.9 Å². The third kappa shape index (κ3) is 4.88. The summed E-state index contributed by atoms with van der Waals surface area (Å²) in [6.45, 7) is 6.93. The fourth-order valence-corrected chi connectivity index (χ4v) is 6.13. The normalized spacial score (nSPS) is 19.0. The molecule has 0 unspecified atom stereocenters. The molecular weight excluding hydrogens is 457 g/mol. The molecule has 0 bridgehead atoms. The van der Waals surface area contributed by atoms with Crippen molar-refractivity contribution < 1.29 is 27.1 Å². The van der Waals surface area contributed by atoms with Gasteiger partial charge in [-0.2, -0.15) is 0 Å². The van der Waals surface area contributed by atoms with E-state index in [1.165, 1.54) is 19.2 Å². The highest BCUT2D eigenvalue weighted by Gasteiger charge is 2.45. The number of rotatable bonds is 9. The Morgan fingerprint density at radius 1 is 1.24 bits per heavy atom. The van der Waals surface area contributed by atoms with Gasteiger partial charge in [0, 0.05) is 12.5 Å². The molecule has 8 heteroatoms. The van der Waals surface area contributed by atoms with Crippen molar-refractivity contribution >= 4 is 21.9 Å². The summed E-state index contributed by atoms with van der Waals surface area (Å²) in [4.78, 5) is 14.8. The first kappa shape index (κ1) is 24.4. The van der Waals surface area contributed by atoms with Crippen LogP contribution >= 0.6 is 0 Å². The van der Waals surface area contributed by atoms with E-state index >= 15 is 0 Å². The molecule has 0 aromatic heterocycles. The number of likely N-dealkylation sites (N-methyl/N-ethyl adjacent to an activating group) is 1. The third-order valence-corrected chi connectivity index (χ3v) is 8.37. The van der Waals surface area contributed by atoms with E-state index in [0.29, 0.717) is 36.3 Å². The first-order valence-corrected chi connectivity index (χ1v) is 13.2. The van der Waals surface area contributed by atoms with Gasteiger partial charge in [-0.05, 0) is 60.3 Å². The molecule has 0 saturated heterocycles. The number of ether oxygens (including phenoxy) is 2. The SMILES string of the molecule is CCN(CC)C/C=C\c1cc(F)ccc1S(=O)(=O)Cc1ccc2c(c1C(=O)OC)OC[C@H]1C[C@@H]21. The number of carbonyl (C=O) groups is 1. The zero-order valence-electron chi connectivity index (χ0n) is 19.7. The van der Waals surface area contributed by atoms with Crippen molar-refractivity contribution in [3.05, 3.63) is 64.5 Å². The number of fused-ring (bicyclic) bond motifs is 3. The highest BCUT2D eigenvalue weighted by molar-refractivity contribution is 7.90. The Morgan fingerprint density at radius 3 is 2.71 bits per heavy atom. The predicted molar refractivity (Wildman–Crippen MR) is 128 cm³/mol. The van der Waals surface area contributed by atoms with Crippen molar-refractivity contribution in [3.8, 4) is 5.75 Å². The average molecular weight is 488 g/mol. The lowest BCUT2D eigenvalue weighted by molar-refractivity contribution is 0.0594. The average Bonchev–Trinajstić information content (AvgIpc) is 3.61. The fraction of sp³-hybridized carbons (Fsp3) is 0.423. The summed E-state index contributed by atoms with van der Waals surface area (Å²) in [5.41, 5.74) is 1.68. The van der Waals surface area contributed by atoms with Gasteiger partial charge in [0.2, 0.25) is 0 Å². The second kappa shape index (κ2) is 9.88. The Bertz CT molecular complexity index is 1220. The maximum Gasteiger partial charge on any atom is 0.341 e. The van der Waals surface area contributed by atoms with Gasteiger partial charge >= 0.3 is 5.97 Å². The van der Waals surface area contributed by atoms with Crippen molar-refractivity contribution in [3.63, 3.8) is 0 Å². The summed E-state index contributed by atoms with van der Waals surface area (Å²) < 4.78 is 51.8. The van der Waals surface area contributed by atoms with Crippen molar-refractivity contribution in [2.75, 3.05) is 33.4 Å². The first-order valence-electron chi connectivity index (χ1n) is 11.6. The lowest BCUT2D eigenvalue weighted by Crippen LogP contribution is -2.22. The van der Waals surface area contributed by atoms with Crippen LogP contribution in [0.2, 0.25) is 0 Å². The maximum absolute atomic E-state index is 14.0. The van der Waals surface area contributed by atoms with E-state index < -0.39 is 27.4 Å². The summed E-state index contributed by atoms with van der Waals surface area (Å²) in [5.74, 6) is -0.339. The van der Waals surface area contributed by atoms with E-state index in [0.717, 1.165) is 31.1 Å². The molecule has 1 heterocycles. The number of carbonyl (C=O) groups excluding carboxylic acids is 1. The molecule has 6 nitrogen and oxygen atoms in total. The van der Waals surface area contributed by atoms with E-state index in [1.807, 2.05) is 26.0 Å². The second-order valence-electron chi connectivity index (χ2n) is 8.75. The van der Waals surface area contributed by atoms with Crippen LogP contribution in [0.1, 0.15) is 53.2 Å². The molecule has 0 amide bonds. The smallest absolute Gasteiger partial charge is 0.341 e. The summed E-state index contributed by atoms with van der Waals surface area (Å²) in [5, 5.41) is 0. The van der Waals surface area contributed by atoms with Gasteiger partial charge in [0.1, 0.15) is 17.1 Å². The van der Waals surface area contributed by atoms with Gasteiger partial charge in [-0.3, -0.25) is 0 Å². The minimum Gasteiger partial charge on any atom is -0.492 e. The van der Waals surface area contributed by atoms with Gasteiger partial charge in [0.15, 0.2) is 9.84 Å². The molecule has 2 aromatic rings. The Hall–Kier alpha value is -2.71. The Morgan fingerprint density at radius 2 is 2.00 bits per heavy atom. The maximum atomic E-state index is 14.0. The van der Waals surface area contributed by atoms with Crippen molar-refractivity contribution in [1.29, 1.82) is 0 Å². The number of esters is 1. The minimum absolute atomic E-state index is 0.0152. The first-order chi connectivity index (χ1) is 16.3. The molecule has 1 saturated carbocycles. The van der Waals surface area contributed by atoms with Crippen LogP contribution < -0.4 is 4.74 Å². The number of benzene rings is 2. The molecule has 2 atom stereocenters. The monoisotopic (exact) mass is 487 g/mol. The largest absolute Gasteiger partial charge is 0.492 e. The van der Waals surface area contributed by atoms with Gasteiger partial charge in [-0.1, -0.05) is 38.1 Å². The number of hydrogen-bond donors (Lipinski definition) is 0. The molecule has 1 fully saturated rings.